The van der Waals surface area contributed by atoms with Crippen molar-refractivity contribution in [3.63, 3.8) is 0 Å². The summed E-state index contributed by atoms with van der Waals surface area (Å²) in [4.78, 5) is 26.1. The van der Waals surface area contributed by atoms with E-state index >= 15 is 0 Å². The lowest BCUT2D eigenvalue weighted by Crippen LogP contribution is -2.59. The number of amides is 1. The highest BCUT2D eigenvalue weighted by Crippen LogP contribution is 2.24. The number of carbonyl (C=O) groups excluding carboxylic acids is 2. The van der Waals surface area contributed by atoms with Gasteiger partial charge in [0.1, 0.15) is 6.04 Å². The third kappa shape index (κ3) is 3.06. The monoisotopic (exact) mass is 270 g/mol. The molecule has 0 radical (unpaired) electrons. The van der Waals surface area contributed by atoms with Crippen LogP contribution in [0.1, 0.15) is 20.3 Å². The zero-order valence-corrected chi connectivity index (χ0v) is 11.6. The Morgan fingerprint density at radius 2 is 2.26 bits per heavy atom. The fraction of sp³-hybridized carbons (Fsp3) is 0.846. The number of nitrogens with zero attached hydrogens (tertiary/aromatic N) is 1. The quantitative estimate of drug-likeness (QED) is 0.718. The first-order valence-corrected chi connectivity index (χ1v) is 6.94. The van der Waals surface area contributed by atoms with Crippen LogP contribution >= 0.6 is 0 Å². The van der Waals surface area contributed by atoms with Crippen LogP contribution in [0.3, 0.4) is 0 Å². The summed E-state index contributed by atoms with van der Waals surface area (Å²) in [6, 6.07) is -0.506. The summed E-state index contributed by atoms with van der Waals surface area (Å²) < 4.78 is 10.5. The van der Waals surface area contributed by atoms with Crippen molar-refractivity contribution < 1.29 is 19.1 Å². The molecule has 0 aromatic heterocycles. The van der Waals surface area contributed by atoms with E-state index in [1.807, 2.05) is 6.92 Å². The third-order valence-corrected chi connectivity index (χ3v) is 3.78. The number of hydrogen-bond acceptors (Lipinski definition) is 5. The number of nitrogens with one attached hydrogen (secondary N) is 1. The van der Waals surface area contributed by atoms with Crippen LogP contribution in [0.5, 0.6) is 0 Å². The average Bonchev–Trinajstić information content (AvgIpc) is 2.84. The van der Waals surface area contributed by atoms with Crippen molar-refractivity contribution in [3.05, 3.63) is 0 Å². The summed E-state index contributed by atoms with van der Waals surface area (Å²) in [5.74, 6) is -0.436. The minimum absolute atomic E-state index is 0.0181. The fourth-order valence-electron chi connectivity index (χ4n) is 2.69. The van der Waals surface area contributed by atoms with Crippen LogP contribution in [-0.4, -0.2) is 61.8 Å². The molecule has 3 atom stereocenters. The highest BCUT2D eigenvalue weighted by atomic mass is 16.5. The first-order chi connectivity index (χ1) is 9.15. The Balaban J connectivity index is 2.06. The Bertz CT molecular complexity index is 348. The maximum Gasteiger partial charge on any atom is 0.330 e. The molecule has 0 spiro atoms. The van der Waals surface area contributed by atoms with Gasteiger partial charge in [0.05, 0.1) is 18.6 Å². The summed E-state index contributed by atoms with van der Waals surface area (Å²) in [5, 5.41) is 3.13. The van der Waals surface area contributed by atoms with Crippen molar-refractivity contribution >= 4 is 11.9 Å². The lowest BCUT2D eigenvalue weighted by atomic mass is 9.99. The number of hydrogen-bond donors (Lipinski definition) is 1. The number of esters is 1. The predicted octanol–water partition coefficient (Wildman–Crippen LogP) is -0.225. The summed E-state index contributed by atoms with van der Waals surface area (Å²) in [5.41, 5.74) is 0. The maximum atomic E-state index is 12.5. The van der Waals surface area contributed by atoms with Crippen molar-refractivity contribution in [2.75, 3.05) is 32.8 Å². The SMILES string of the molecule is CCOC(=O)C1CNCCN1C(=O)C1CCOC1C. The van der Waals surface area contributed by atoms with E-state index in [1.165, 1.54) is 0 Å². The minimum Gasteiger partial charge on any atom is -0.464 e. The van der Waals surface area contributed by atoms with Gasteiger partial charge >= 0.3 is 5.97 Å². The van der Waals surface area contributed by atoms with Gasteiger partial charge < -0.3 is 19.7 Å². The molecular weight excluding hydrogens is 248 g/mol. The van der Waals surface area contributed by atoms with Gasteiger partial charge in [0.15, 0.2) is 0 Å². The highest BCUT2D eigenvalue weighted by molar-refractivity contribution is 5.86. The molecule has 1 N–H and O–H groups in total. The normalized spacial score (nSPS) is 31.3. The molecule has 2 fully saturated rings. The minimum atomic E-state index is -0.506. The number of ether oxygens (including phenoxy) is 2. The molecule has 1 amide bonds. The van der Waals surface area contributed by atoms with E-state index in [2.05, 4.69) is 5.32 Å². The molecular formula is C13H22N2O4. The Morgan fingerprint density at radius 3 is 2.89 bits per heavy atom. The first-order valence-electron chi connectivity index (χ1n) is 6.94. The highest BCUT2D eigenvalue weighted by Gasteiger charge is 2.40. The largest absolute Gasteiger partial charge is 0.464 e. The molecule has 2 aliphatic rings. The Hall–Kier alpha value is -1.14. The molecule has 0 aromatic rings. The van der Waals surface area contributed by atoms with Gasteiger partial charge in [-0.1, -0.05) is 0 Å². The third-order valence-electron chi connectivity index (χ3n) is 3.78. The molecule has 0 bridgehead atoms. The van der Waals surface area contributed by atoms with Crippen molar-refractivity contribution in [3.8, 4) is 0 Å². The van der Waals surface area contributed by atoms with Crippen molar-refractivity contribution in [1.82, 2.24) is 10.2 Å². The van der Waals surface area contributed by atoms with Crippen LogP contribution in [0.2, 0.25) is 0 Å². The van der Waals surface area contributed by atoms with Gasteiger partial charge in [0.25, 0.3) is 0 Å². The van der Waals surface area contributed by atoms with Gasteiger partial charge in [-0.15, -0.1) is 0 Å². The summed E-state index contributed by atoms with van der Waals surface area (Å²) in [6.07, 6.45) is 0.671. The second kappa shape index (κ2) is 6.34. The van der Waals surface area contributed by atoms with Crippen molar-refractivity contribution in [2.45, 2.75) is 32.4 Å². The Kier molecular flexibility index (Phi) is 4.76. The van der Waals surface area contributed by atoms with E-state index in [0.29, 0.717) is 32.8 Å². The van der Waals surface area contributed by atoms with Gasteiger partial charge in [-0.25, -0.2) is 4.79 Å². The Labute approximate surface area is 113 Å². The number of piperazine rings is 1. The Morgan fingerprint density at radius 1 is 1.47 bits per heavy atom. The van der Waals surface area contributed by atoms with E-state index < -0.39 is 6.04 Å². The summed E-state index contributed by atoms with van der Waals surface area (Å²) >= 11 is 0. The molecule has 6 nitrogen and oxygen atoms in total. The van der Waals surface area contributed by atoms with Crippen LogP contribution in [0.4, 0.5) is 0 Å². The van der Waals surface area contributed by atoms with Crippen molar-refractivity contribution in [1.29, 1.82) is 0 Å². The molecule has 6 heteroatoms. The van der Waals surface area contributed by atoms with E-state index in [0.717, 1.165) is 6.42 Å². The zero-order chi connectivity index (χ0) is 13.8. The van der Waals surface area contributed by atoms with Gasteiger partial charge in [-0.05, 0) is 20.3 Å². The predicted molar refractivity (Wildman–Crippen MR) is 68.5 cm³/mol. The zero-order valence-electron chi connectivity index (χ0n) is 11.6. The van der Waals surface area contributed by atoms with E-state index in [-0.39, 0.29) is 23.9 Å². The van der Waals surface area contributed by atoms with Crippen LogP contribution in [0.25, 0.3) is 0 Å². The van der Waals surface area contributed by atoms with Crippen LogP contribution in [-0.2, 0) is 19.1 Å². The van der Waals surface area contributed by atoms with E-state index in [4.69, 9.17) is 9.47 Å². The second-order valence-electron chi connectivity index (χ2n) is 4.97. The average molecular weight is 270 g/mol. The van der Waals surface area contributed by atoms with Crippen molar-refractivity contribution in [2.24, 2.45) is 5.92 Å². The fourth-order valence-corrected chi connectivity index (χ4v) is 2.69. The van der Waals surface area contributed by atoms with Crippen LogP contribution < -0.4 is 5.32 Å². The lowest BCUT2D eigenvalue weighted by molar-refractivity contribution is -0.157. The lowest BCUT2D eigenvalue weighted by Gasteiger charge is -2.36. The molecule has 0 saturated carbocycles. The summed E-state index contributed by atoms with van der Waals surface area (Å²) in [7, 11) is 0. The van der Waals surface area contributed by atoms with E-state index in [9.17, 15) is 9.59 Å². The molecule has 19 heavy (non-hydrogen) atoms. The first kappa shape index (κ1) is 14.3. The number of rotatable bonds is 3. The summed E-state index contributed by atoms with van der Waals surface area (Å²) in [6.45, 7) is 6.36. The van der Waals surface area contributed by atoms with Crippen LogP contribution in [0.15, 0.2) is 0 Å². The molecule has 2 saturated heterocycles. The molecule has 0 aromatic carbocycles. The van der Waals surface area contributed by atoms with Gasteiger partial charge in [0.2, 0.25) is 5.91 Å². The molecule has 2 aliphatic heterocycles. The molecule has 2 rings (SSSR count). The smallest absolute Gasteiger partial charge is 0.330 e. The van der Waals surface area contributed by atoms with Crippen LogP contribution in [0, 0.1) is 5.92 Å². The van der Waals surface area contributed by atoms with E-state index in [1.54, 1.807) is 11.8 Å². The molecule has 0 aliphatic carbocycles. The van der Waals surface area contributed by atoms with Gasteiger partial charge in [-0.3, -0.25) is 4.79 Å². The molecule has 3 unspecified atom stereocenters. The standard InChI is InChI=1S/C13H22N2O4/c1-3-18-13(17)11-8-14-5-6-15(11)12(16)10-4-7-19-9(10)2/h9-11,14H,3-8H2,1-2H3. The molecule has 108 valence electrons. The van der Waals surface area contributed by atoms with Gasteiger partial charge in [0, 0.05) is 26.2 Å². The molecule has 2 heterocycles. The number of carbonyl (C=O) groups is 2. The topological polar surface area (TPSA) is 67.9 Å². The maximum absolute atomic E-state index is 12.5. The second-order valence-corrected chi connectivity index (χ2v) is 4.97. The van der Waals surface area contributed by atoms with Gasteiger partial charge in [-0.2, -0.15) is 0 Å².